The number of hydrogen-bond acceptors (Lipinski definition) is 8. The molecule has 0 spiro atoms. The van der Waals surface area contributed by atoms with E-state index in [-0.39, 0.29) is 29.8 Å². The van der Waals surface area contributed by atoms with Crippen molar-refractivity contribution in [2.24, 2.45) is 0 Å². The first kappa shape index (κ1) is 26.4. The predicted molar refractivity (Wildman–Crippen MR) is 143 cm³/mol. The van der Waals surface area contributed by atoms with E-state index in [1.165, 1.54) is 11.3 Å². The number of carbonyl (C=O) groups excluding carboxylic acids is 2. The highest BCUT2D eigenvalue weighted by molar-refractivity contribution is 7.22. The number of H-pyrrole nitrogens is 1. The van der Waals surface area contributed by atoms with Crippen LogP contribution in [0, 0.1) is 0 Å². The van der Waals surface area contributed by atoms with E-state index in [1.807, 2.05) is 19.1 Å². The third kappa shape index (κ3) is 5.82. The van der Waals surface area contributed by atoms with Crippen molar-refractivity contribution in [3.8, 4) is 0 Å². The molecule has 1 aromatic carbocycles. The largest absolute Gasteiger partial charge is 0.462 e. The van der Waals surface area contributed by atoms with Gasteiger partial charge in [0.25, 0.3) is 5.91 Å². The first-order valence-corrected chi connectivity index (χ1v) is 13.7. The average Bonchev–Trinajstić information content (AvgIpc) is 3.48. The Morgan fingerprint density at radius 3 is 2.81 bits per heavy atom. The number of ether oxygens (including phenoxy) is 1. The fraction of sp³-hybridized carbons (Fsp3) is 0.520. The summed E-state index contributed by atoms with van der Waals surface area (Å²) in [6, 6.07) is 5.50. The number of nitrogens with zero attached hydrogens (tertiary/aromatic N) is 3. The van der Waals surface area contributed by atoms with Gasteiger partial charge in [0.05, 0.1) is 28.1 Å². The zero-order valence-corrected chi connectivity index (χ0v) is 22.5. The molecule has 2 aromatic heterocycles. The van der Waals surface area contributed by atoms with E-state index in [2.05, 4.69) is 32.4 Å². The fourth-order valence-corrected chi connectivity index (χ4v) is 5.74. The summed E-state index contributed by atoms with van der Waals surface area (Å²) >= 11 is 7.64. The molecule has 0 radical (unpaired) electrons. The lowest BCUT2D eigenvalue weighted by atomic mass is 9.99. The van der Waals surface area contributed by atoms with Crippen molar-refractivity contribution in [1.82, 2.24) is 25.6 Å². The number of aromatic amines is 1. The molecule has 11 heteroatoms. The van der Waals surface area contributed by atoms with Crippen molar-refractivity contribution < 1.29 is 14.3 Å². The van der Waals surface area contributed by atoms with Gasteiger partial charge in [-0.2, -0.15) is 0 Å². The summed E-state index contributed by atoms with van der Waals surface area (Å²) in [6.45, 7) is 8.52. The van der Waals surface area contributed by atoms with E-state index in [0.29, 0.717) is 30.3 Å². The van der Waals surface area contributed by atoms with Crippen molar-refractivity contribution in [3.05, 3.63) is 40.4 Å². The third-order valence-corrected chi connectivity index (χ3v) is 7.81. The highest BCUT2D eigenvalue weighted by Crippen LogP contribution is 2.33. The Morgan fingerprint density at radius 1 is 1.25 bits per heavy atom. The summed E-state index contributed by atoms with van der Waals surface area (Å²) in [4.78, 5) is 39.6. The SMILES string of the molecule is CCCCN[C@H]1CN(c2nc3cccc(C(=O)OCC)c3s2)CC[C@H]1NC(=O)c1nc(Cl)c(CC)[nH]1. The van der Waals surface area contributed by atoms with Gasteiger partial charge in [-0.05, 0) is 44.9 Å². The number of benzene rings is 1. The molecule has 0 saturated carbocycles. The maximum Gasteiger partial charge on any atom is 0.339 e. The second-order valence-corrected chi connectivity index (χ2v) is 10.1. The highest BCUT2D eigenvalue weighted by atomic mass is 35.5. The lowest BCUT2D eigenvalue weighted by molar-refractivity contribution is 0.0528. The van der Waals surface area contributed by atoms with E-state index >= 15 is 0 Å². The Hall–Kier alpha value is -2.69. The quantitative estimate of drug-likeness (QED) is 0.265. The minimum atomic E-state index is -0.330. The smallest absolute Gasteiger partial charge is 0.339 e. The van der Waals surface area contributed by atoms with Crippen LogP contribution in [0.25, 0.3) is 10.2 Å². The lowest BCUT2D eigenvalue weighted by Crippen LogP contribution is -2.59. The maximum atomic E-state index is 12.9. The topological polar surface area (TPSA) is 112 Å². The number of rotatable bonds is 10. The summed E-state index contributed by atoms with van der Waals surface area (Å²) in [5.74, 6) is -0.344. The van der Waals surface area contributed by atoms with Crippen LogP contribution in [-0.2, 0) is 11.2 Å². The molecule has 3 aromatic rings. The highest BCUT2D eigenvalue weighted by Gasteiger charge is 2.32. The predicted octanol–water partition coefficient (Wildman–Crippen LogP) is 4.18. The number of esters is 1. The maximum absolute atomic E-state index is 12.9. The molecule has 1 aliphatic heterocycles. The summed E-state index contributed by atoms with van der Waals surface area (Å²) < 4.78 is 6.06. The summed E-state index contributed by atoms with van der Waals surface area (Å²) in [5.41, 5.74) is 2.08. The van der Waals surface area contributed by atoms with E-state index in [4.69, 9.17) is 21.3 Å². The molecule has 1 fully saturated rings. The van der Waals surface area contributed by atoms with Crippen molar-refractivity contribution in [3.63, 3.8) is 0 Å². The van der Waals surface area contributed by atoms with E-state index in [9.17, 15) is 9.59 Å². The van der Waals surface area contributed by atoms with Crippen molar-refractivity contribution in [2.45, 2.75) is 58.5 Å². The second kappa shape index (κ2) is 12.0. The number of unbranched alkanes of at least 4 members (excludes halogenated alkanes) is 1. The molecule has 36 heavy (non-hydrogen) atoms. The van der Waals surface area contributed by atoms with Crippen LogP contribution >= 0.6 is 22.9 Å². The zero-order chi connectivity index (χ0) is 25.7. The Bertz CT molecular complexity index is 1210. The molecule has 0 aliphatic carbocycles. The number of carbonyl (C=O) groups is 2. The van der Waals surface area contributed by atoms with Gasteiger partial charge in [-0.1, -0.05) is 49.3 Å². The molecule has 3 N–H and O–H groups in total. The minimum Gasteiger partial charge on any atom is -0.462 e. The number of hydrogen-bond donors (Lipinski definition) is 3. The van der Waals surface area contributed by atoms with Gasteiger partial charge < -0.3 is 25.3 Å². The molecule has 0 unspecified atom stereocenters. The van der Waals surface area contributed by atoms with Crippen LogP contribution in [0.5, 0.6) is 0 Å². The summed E-state index contributed by atoms with van der Waals surface area (Å²) in [7, 11) is 0. The molecule has 4 rings (SSSR count). The normalized spacial score (nSPS) is 17.9. The van der Waals surface area contributed by atoms with E-state index in [0.717, 1.165) is 53.4 Å². The fourth-order valence-electron chi connectivity index (χ4n) is 4.38. The molecule has 194 valence electrons. The number of aryl methyl sites for hydroxylation is 1. The molecule has 1 amide bonds. The van der Waals surface area contributed by atoms with Gasteiger partial charge in [-0.3, -0.25) is 4.79 Å². The molecule has 1 aliphatic rings. The lowest BCUT2D eigenvalue weighted by Gasteiger charge is -2.39. The van der Waals surface area contributed by atoms with Gasteiger partial charge in [0.15, 0.2) is 16.1 Å². The molecular weight excluding hydrogens is 500 g/mol. The monoisotopic (exact) mass is 532 g/mol. The average molecular weight is 533 g/mol. The molecular formula is C25H33ClN6O3S. The van der Waals surface area contributed by atoms with Gasteiger partial charge in [0.1, 0.15) is 0 Å². The van der Waals surface area contributed by atoms with E-state index in [1.54, 1.807) is 13.0 Å². The molecule has 2 atom stereocenters. The molecule has 0 bridgehead atoms. The minimum absolute atomic E-state index is 0.0295. The van der Waals surface area contributed by atoms with Crippen LogP contribution < -0.4 is 15.5 Å². The van der Waals surface area contributed by atoms with Crippen LogP contribution in [0.2, 0.25) is 5.15 Å². The van der Waals surface area contributed by atoms with Crippen molar-refractivity contribution in [1.29, 1.82) is 0 Å². The Labute approximate surface area is 220 Å². The Kier molecular flexibility index (Phi) is 8.81. The third-order valence-electron chi connectivity index (χ3n) is 6.33. The number of nitrogens with one attached hydrogen (secondary N) is 3. The van der Waals surface area contributed by atoms with Crippen LogP contribution in [0.3, 0.4) is 0 Å². The van der Waals surface area contributed by atoms with Crippen LogP contribution in [0.4, 0.5) is 5.13 Å². The molecule has 9 nitrogen and oxygen atoms in total. The second-order valence-electron chi connectivity index (χ2n) is 8.81. The van der Waals surface area contributed by atoms with Gasteiger partial charge >= 0.3 is 5.97 Å². The Morgan fingerprint density at radius 2 is 2.08 bits per heavy atom. The van der Waals surface area contributed by atoms with Gasteiger partial charge in [-0.25, -0.2) is 14.8 Å². The number of amides is 1. The van der Waals surface area contributed by atoms with Gasteiger partial charge in [0, 0.05) is 25.2 Å². The van der Waals surface area contributed by atoms with Crippen LogP contribution in [0.15, 0.2) is 18.2 Å². The molecule has 3 heterocycles. The number of piperidine rings is 1. The number of aromatic nitrogens is 3. The van der Waals surface area contributed by atoms with E-state index < -0.39 is 0 Å². The number of halogens is 1. The van der Waals surface area contributed by atoms with Crippen molar-refractivity contribution >= 4 is 50.2 Å². The summed E-state index contributed by atoms with van der Waals surface area (Å²) in [5, 5.41) is 7.98. The first-order chi connectivity index (χ1) is 17.4. The Balaban J connectivity index is 1.51. The van der Waals surface area contributed by atoms with Crippen molar-refractivity contribution in [2.75, 3.05) is 31.1 Å². The number of thiazole rings is 1. The number of anilines is 1. The number of imidazole rings is 1. The summed E-state index contributed by atoms with van der Waals surface area (Å²) in [6.07, 6.45) is 3.55. The standard InChI is InChI=1S/C25H33ClN6O3S/c1-4-7-12-27-19-14-32(13-11-17(19)29-23(33)22-28-16(5-2)21(26)31-22)25-30-18-10-8-9-15(20(18)36-25)24(34)35-6-3/h8-10,17,19,27H,4-7,11-14H2,1-3H3,(H,28,31)(H,29,33)/t17-,19+/m1/s1. The van der Waals surface area contributed by atoms with Gasteiger partial charge in [0.2, 0.25) is 0 Å². The van der Waals surface area contributed by atoms with Crippen LogP contribution in [0.1, 0.15) is 66.7 Å². The number of fused-ring (bicyclic) bond motifs is 1. The zero-order valence-electron chi connectivity index (χ0n) is 20.9. The van der Waals surface area contributed by atoms with Crippen LogP contribution in [-0.4, -0.2) is 65.2 Å². The van der Waals surface area contributed by atoms with Gasteiger partial charge in [-0.15, -0.1) is 0 Å². The molecule has 1 saturated heterocycles. The first-order valence-electron chi connectivity index (χ1n) is 12.5.